The van der Waals surface area contributed by atoms with Gasteiger partial charge in [-0.2, -0.15) is 0 Å². The van der Waals surface area contributed by atoms with Crippen molar-refractivity contribution < 1.29 is 9.53 Å². The van der Waals surface area contributed by atoms with E-state index in [-0.39, 0.29) is 18.6 Å². The number of halogens is 1. The molecule has 4 nitrogen and oxygen atoms in total. The third kappa shape index (κ3) is 5.48. The number of ether oxygens (including phenoxy) is 1. The van der Waals surface area contributed by atoms with Crippen molar-refractivity contribution in [1.82, 2.24) is 10.2 Å². The second kappa shape index (κ2) is 9.60. The van der Waals surface area contributed by atoms with E-state index in [1.165, 1.54) is 24.8 Å². The number of amides is 1. The van der Waals surface area contributed by atoms with Crippen LogP contribution < -0.4 is 10.1 Å². The Kier molecular flexibility index (Phi) is 6.92. The van der Waals surface area contributed by atoms with Crippen molar-refractivity contribution in [2.24, 2.45) is 0 Å². The molecule has 5 heteroatoms. The van der Waals surface area contributed by atoms with Crippen molar-refractivity contribution in [1.29, 1.82) is 0 Å². The zero-order chi connectivity index (χ0) is 18.2. The molecule has 138 valence electrons. The summed E-state index contributed by atoms with van der Waals surface area (Å²) in [6.07, 6.45) is 3.73. The number of benzene rings is 2. The summed E-state index contributed by atoms with van der Waals surface area (Å²) < 4.78 is 5.52. The highest BCUT2D eigenvalue weighted by Gasteiger charge is 2.22. The Bertz CT molecular complexity index is 685. The molecule has 1 saturated heterocycles. The lowest BCUT2D eigenvalue weighted by atomic mass is 10.0. The molecule has 3 rings (SSSR count). The molecule has 1 aliphatic rings. The summed E-state index contributed by atoms with van der Waals surface area (Å²) in [5.41, 5.74) is 1.24. The Morgan fingerprint density at radius 1 is 1.04 bits per heavy atom. The van der Waals surface area contributed by atoms with Crippen molar-refractivity contribution in [3.8, 4) is 5.75 Å². The normalized spacial score (nSPS) is 16.0. The van der Waals surface area contributed by atoms with E-state index in [0.717, 1.165) is 13.1 Å². The Balaban J connectivity index is 1.54. The molecule has 1 amide bonds. The van der Waals surface area contributed by atoms with Gasteiger partial charge in [0.05, 0.1) is 6.04 Å². The van der Waals surface area contributed by atoms with E-state index in [2.05, 4.69) is 34.5 Å². The van der Waals surface area contributed by atoms with Crippen molar-refractivity contribution in [3.05, 3.63) is 65.2 Å². The highest BCUT2D eigenvalue weighted by molar-refractivity contribution is 6.30. The molecule has 2 aromatic carbocycles. The van der Waals surface area contributed by atoms with E-state index in [9.17, 15) is 4.79 Å². The Morgan fingerprint density at radius 3 is 2.42 bits per heavy atom. The molecule has 0 spiro atoms. The smallest absolute Gasteiger partial charge is 0.258 e. The predicted octanol–water partition coefficient (Wildman–Crippen LogP) is 4.06. The zero-order valence-electron chi connectivity index (χ0n) is 14.9. The highest BCUT2D eigenvalue weighted by atomic mass is 35.5. The number of rotatable bonds is 7. The minimum absolute atomic E-state index is 0.00312. The van der Waals surface area contributed by atoms with Gasteiger partial charge < -0.3 is 10.1 Å². The molecule has 0 bridgehead atoms. The van der Waals surface area contributed by atoms with Crippen LogP contribution in [0.5, 0.6) is 5.75 Å². The van der Waals surface area contributed by atoms with Gasteiger partial charge in [0.25, 0.3) is 5.91 Å². The van der Waals surface area contributed by atoms with Crippen LogP contribution in [-0.4, -0.2) is 37.0 Å². The maximum Gasteiger partial charge on any atom is 0.258 e. The van der Waals surface area contributed by atoms with Crippen LogP contribution >= 0.6 is 11.6 Å². The SMILES string of the molecule is O=C(COc1ccc(Cl)cc1)NCC(c1ccccc1)N1CCCCC1. The van der Waals surface area contributed by atoms with Gasteiger partial charge in [0, 0.05) is 11.6 Å². The predicted molar refractivity (Wildman–Crippen MR) is 105 cm³/mol. The average molecular weight is 373 g/mol. The maximum atomic E-state index is 12.2. The summed E-state index contributed by atoms with van der Waals surface area (Å²) in [6.45, 7) is 2.75. The lowest BCUT2D eigenvalue weighted by molar-refractivity contribution is -0.123. The first-order valence-corrected chi connectivity index (χ1v) is 9.54. The molecule has 1 atom stereocenters. The van der Waals surface area contributed by atoms with E-state index in [0.29, 0.717) is 17.3 Å². The number of piperidine rings is 1. The largest absolute Gasteiger partial charge is 0.484 e. The van der Waals surface area contributed by atoms with Gasteiger partial charge in [-0.3, -0.25) is 9.69 Å². The lowest BCUT2D eigenvalue weighted by Crippen LogP contribution is -2.41. The Hall–Kier alpha value is -2.04. The maximum absolute atomic E-state index is 12.2. The van der Waals surface area contributed by atoms with Crippen LogP contribution in [0.25, 0.3) is 0 Å². The topological polar surface area (TPSA) is 41.6 Å². The van der Waals surface area contributed by atoms with Crippen molar-refractivity contribution >= 4 is 17.5 Å². The number of hydrogen-bond donors (Lipinski definition) is 1. The van der Waals surface area contributed by atoms with Crippen LogP contribution in [0.4, 0.5) is 0 Å². The molecule has 0 aromatic heterocycles. The van der Waals surface area contributed by atoms with E-state index in [1.807, 2.05) is 6.07 Å². The zero-order valence-corrected chi connectivity index (χ0v) is 15.6. The molecule has 2 aromatic rings. The molecule has 26 heavy (non-hydrogen) atoms. The fourth-order valence-corrected chi connectivity index (χ4v) is 3.43. The molecule has 1 fully saturated rings. The minimum Gasteiger partial charge on any atom is -0.484 e. The summed E-state index contributed by atoms with van der Waals surface area (Å²) in [7, 11) is 0. The number of nitrogens with zero attached hydrogens (tertiary/aromatic N) is 1. The number of carbonyl (C=O) groups excluding carboxylic acids is 1. The first-order chi connectivity index (χ1) is 12.7. The molecule has 1 heterocycles. The van der Waals surface area contributed by atoms with Gasteiger partial charge in [-0.15, -0.1) is 0 Å². The number of hydrogen-bond acceptors (Lipinski definition) is 3. The number of likely N-dealkylation sites (tertiary alicyclic amines) is 1. The number of nitrogens with one attached hydrogen (secondary N) is 1. The lowest BCUT2D eigenvalue weighted by Gasteiger charge is -2.35. The second-order valence-corrected chi connectivity index (χ2v) is 7.01. The minimum atomic E-state index is -0.113. The average Bonchev–Trinajstić information content (AvgIpc) is 2.69. The summed E-state index contributed by atoms with van der Waals surface area (Å²) in [4.78, 5) is 14.7. The van der Waals surface area contributed by atoms with Crippen molar-refractivity contribution in [2.45, 2.75) is 25.3 Å². The molecule has 1 unspecified atom stereocenters. The summed E-state index contributed by atoms with van der Waals surface area (Å²) in [6, 6.07) is 17.6. The Morgan fingerprint density at radius 2 is 1.73 bits per heavy atom. The van der Waals surface area contributed by atoms with Crippen LogP contribution in [0, 0.1) is 0 Å². The molecule has 1 aliphatic heterocycles. The van der Waals surface area contributed by atoms with E-state index in [1.54, 1.807) is 24.3 Å². The van der Waals surface area contributed by atoms with Crippen molar-refractivity contribution in [2.75, 3.05) is 26.2 Å². The van der Waals surface area contributed by atoms with Gasteiger partial charge in [0.2, 0.25) is 0 Å². The van der Waals surface area contributed by atoms with Crippen LogP contribution in [0.1, 0.15) is 30.9 Å². The first kappa shape index (κ1) is 18.7. The molecule has 0 saturated carbocycles. The number of carbonyl (C=O) groups is 1. The van der Waals surface area contributed by atoms with E-state index < -0.39 is 0 Å². The van der Waals surface area contributed by atoms with Gasteiger partial charge in [0.15, 0.2) is 6.61 Å². The Labute approximate surface area is 160 Å². The van der Waals surface area contributed by atoms with Crippen LogP contribution in [0.15, 0.2) is 54.6 Å². The van der Waals surface area contributed by atoms with Gasteiger partial charge in [0.1, 0.15) is 5.75 Å². The first-order valence-electron chi connectivity index (χ1n) is 9.16. The fraction of sp³-hybridized carbons (Fsp3) is 0.381. The molecule has 1 N–H and O–H groups in total. The van der Waals surface area contributed by atoms with Gasteiger partial charge in [-0.25, -0.2) is 0 Å². The monoisotopic (exact) mass is 372 g/mol. The van der Waals surface area contributed by atoms with Crippen LogP contribution in [0.2, 0.25) is 5.02 Å². The molecule has 0 aliphatic carbocycles. The highest BCUT2D eigenvalue weighted by Crippen LogP contribution is 2.24. The van der Waals surface area contributed by atoms with Gasteiger partial charge in [-0.1, -0.05) is 48.4 Å². The third-order valence-electron chi connectivity index (χ3n) is 4.69. The van der Waals surface area contributed by atoms with Gasteiger partial charge in [-0.05, 0) is 55.8 Å². The van der Waals surface area contributed by atoms with Gasteiger partial charge >= 0.3 is 0 Å². The summed E-state index contributed by atoms with van der Waals surface area (Å²) in [5, 5.41) is 3.68. The standard InChI is InChI=1S/C21H25ClN2O2/c22-18-9-11-19(12-10-18)26-16-21(25)23-15-20(17-7-3-1-4-8-17)24-13-5-2-6-14-24/h1,3-4,7-12,20H,2,5-6,13-16H2,(H,23,25). The fourth-order valence-electron chi connectivity index (χ4n) is 3.30. The quantitative estimate of drug-likeness (QED) is 0.796. The van der Waals surface area contributed by atoms with Crippen LogP contribution in [-0.2, 0) is 4.79 Å². The van der Waals surface area contributed by atoms with E-state index >= 15 is 0 Å². The second-order valence-electron chi connectivity index (χ2n) is 6.57. The van der Waals surface area contributed by atoms with Crippen molar-refractivity contribution in [3.63, 3.8) is 0 Å². The van der Waals surface area contributed by atoms with Crippen LogP contribution in [0.3, 0.4) is 0 Å². The summed E-state index contributed by atoms with van der Waals surface area (Å²) in [5.74, 6) is 0.526. The third-order valence-corrected chi connectivity index (χ3v) is 4.94. The molecular formula is C21H25ClN2O2. The molecular weight excluding hydrogens is 348 g/mol. The summed E-state index contributed by atoms with van der Waals surface area (Å²) >= 11 is 5.85. The van der Waals surface area contributed by atoms with E-state index in [4.69, 9.17) is 16.3 Å². The molecule has 0 radical (unpaired) electrons.